The highest BCUT2D eigenvalue weighted by molar-refractivity contribution is 7.22. The summed E-state index contributed by atoms with van der Waals surface area (Å²) in [6.07, 6.45) is 0. The van der Waals surface area contributed by atoms with Crippen LogP contribution in [0.4, 0.5) is 0 Å². The lowest BCUT2D eigenvalue weighted by molar-refractivity contribution is 1.49. The van der Waals surface area contributed by atoms with Crippen LogP contribution in [0.2, 0.25) is 0 Å². The van der Waals surface area contributed by atoms with Crippen molar-refractivity contribution >= 4 is 39.6 Å². The first-order chi connectivity index (χ1) is 14.8. The summed E-state index contributed by atoms with van der Waals surface area (Å²) in [4.78, 5) is 0. The van der Waals surface area contributed by atoms with Gasteiger partial charge in [-0.25, -0.2) is 0 Å². The van der Waals surface area contributed by atoms with E-state index in [2.05, 4.69) is 122 Å². The molecule has 0 unspecified atom stereocenters. The van der Waals surface area contributed by atoms with E-state index < -0.39 is 8.07 Å². The fraction of sp³-hybridized carbons (Fsp3) is 0.0345. The fourth-order valence-electron chi connectivity index (χ4n) is 5.29. The Morgan fingerprint density at radius 3 is 1.63 bits per heavy atom. The minimum atomic E-state index is -2.37. The second-order valence-corrected chi connectivity index (χ2v) is 12.0. The molecule has 1 heteroatoms. The highest BCUT2D eigenvalue weighted by atomic mass is 28.3. The summed E-state index contributed by atoms with van der Waals surface area (Å²) in [7, 11) is -2.37. The van der Waals surface area contributed by atoms with Gasteiger partial charge in [0, 0.05) is 0 Å². The van der Waals surface area contributed by atoms with Gasteiger partial charge in [-0.05, 0) is 55.6 Å². The van der Waals surface area contributed by atoms with Gasteiger partial charge in [-0.15, -0.1) is 0 Å². The molecule has 0 saturated heterocycles. The first-order valence-electron chi connectivity index (χ1n) is 10.5. The second kappa shape index (κ2) is 6.55. The third kappa shape index (κ3) is 2.33. The Balaban J connectivity index is 1.84. The van der Waals surface area contributed by atoms with Crippen LogP contribution in [0.3, 0.4) is 0 Å². The topological polar surface area (TPSA) is 0 Å². The fourth-order valence-corrected chi connectivity index (χ4v) is 10.5. The van der Waals surface area contributed by atoms with Crippen molar-refractivity contribution in [2.24, 2.45) is 0 Å². The quantitative estimate of drug-likeness (QED) is 0.377. The van der Waals surface area contributed by atoms with Crippen LogP contribution >= 0.6 is 0 Å². The Bertz CT molecular complexity index is 1350. The second-order valence-electron chi connectivity index (χ2n) is 8.28. The van der Waals surface area contributed by atoms with Crippen LogP contribution in [0.15, 0.2) is 115 Å². The number of benzene rings is 5. The summed E-state index contributed by atoms with van der Waals surface area (Å²) in [5, 5.41) is 8.57. The molecular weight excluding hydrogens is 376 g/mol. The predicted molar refractivity (Wildman–Crippen MR) is 131 cm³/mol. The zero-order valence-corrected chi connectivity index (χ0v) is 18.0. The normalized spacial score (nSPS) is 13.8. The van der Waals surface area contributed by atoms with Crippen molar-refractivity contribution in [1.29, 1.82) is 0 Å². The number of fused-ring (bicyclic) bond motifs is 4. The number of rotatable bonds is 2. The molecule has 1 aliphatic rings. The van der Waals surface area contributed by atoms with E-state index in [1.807, 2.05) is 0 Å². The van der Waals surface area contributed by atoms with Crippen molar-refractivity contribution in [1.82, 2.24) is 0 Å². The van der Waals surface area contributed by atoms with Crippen LogP contribution in [0.1, 0.15) is 5.56 Å². The molecule has 5 aromatic rings. The molecule has 1 heterocycles. The monoisotopic (exact) mass is 398 g/mol. The van der Waals surface area contributed by atoms with Gasteiger partial charge < -0.3 is 0 Å². The minimum absolute atomic E-state index is 1.31. The van der Waals surface area contributed by atoms with Crippen molar-refractivity contribution in [3.63, 3.8) is 0 Å². The smallest absolute Gasteiger partial charge is 0.0623 e. The van der Waals surface area contributed by atoms with Crippen LogP contribution in [0.25, 0.3) is 21.9 Å². The molecule has 0 N–H and O–H groups in total. The maximum Gasteiger partial charge on any atom is 0.180 e. The van der Waals surface area contributed by atoms with Crippen molar-refractivity contribution < 1.29 is 0 Å². The lowest BCUT2D eigenvalue weighted by Crippen LogP contribution is -2.72. The zero-order chi connectivity index (χ0) is 20.1. The molecule has 1 aliphatic heterocycles. The molecular formula is C29H22Si. The molecule has 6 rings (SSSR count). The van der Waals surface area contributed by atoms with Crippen LogP contribution in [-0.4, -0.2) is 8.07 Å². The van der Waals surface area contributed by atoms with Crippen molar-refractivity contribution in [3.8, 4) is 11.1 Å². The third-order valence-electron chi connectivity index (χ3n) is 6.57. The van der Waals surface area contributed by atoms with Gasteiger partial charge in [0.2, 0.25) is 0 Å². The Hall–Kier alpha value is -3.42. The molecule has 0 aromatic heterocycles. The van der Waals surface area contributed by atoms with Gasteiger partial charge in [0.1, 0.15) is 0 Å². The highest BCUT2D eigenvalue weighted by Gasteiger charge is 2.48. The molecule has 5 aromatic carbocycles. The molecule has 0 radical (unpaired) electrons. The first kappa shape index (κ1) is 17.4. The van der Waals surface area contributed by atoms with Crippen LogP contribution in [0.5, 0.6) is 0 Å². The molecule has 0 saturated carbocycles. The van der Waals surface area contributed by atoms with Crippen molar-refractivity contribution in [3.05, 3.63) is 121 Å². The Labute approximate surface area is 178 Å². The van der Waals surface area contributed by atoms with E-state index in [-0.39, 0.29) is 0 Å². The van der Waals surface area contributed by atoms with Crippen LogP contribution in [0, 0.1) is 6.92 Å². The summed E-state index contributed by atoms with van der Waals surface area (Å²) in [6.45, 7) is 2.20. The summed E-state index contributed by atoms with van der Waals surface area (Å²) in [5.74, 6) is 0. The average Bonchev–Trinajstić information content (AvgIpc) is 3.08. The van der Waals surface area contributed by atoms with Gasteiger partial charge in [-0.2, -0.15) is 0 Å². The Morgan fingerprint density at radius 1 is 0.467 bits per heavy atom. The zero-order valence-electron chi connectivity index (χ0n) is 17.0. The minimum Gasteiger partial charge on any atom is -0.0623 e. The van der Waals surface area contributed by atoms with E-state index in [0.717, 1.165) is 0 Å². The number of aryl methyl sites for hydroxylation is 1. The number of hydrogen-bond acceptors (Lipinski definition) is 0. The molecule has 0 atom stereocenters. The van der Waals surface area contributed by atoms with Gasteiger partial charge in [0.25, 0.3) is 0 Å². The summed E-state index contributed by atoms with van der Waals surface area (Å²) >= 11 is 0. The molecule has 142 valence electrons. The standard InChI is InChI=1S/C29H22Si/c1-21-16-17-28-26(18-21)27-19-22-10-8-9-11-23(22)20-29(27)30(28,24-12-4-2-5-13-24)25-14-6-3-7-15-25/h2-20H,1H3. The van der Waals surface area contributed by atoms with Gasteiger partial charge in [0.15, 0.2) is 8.07 Å². The maximum absolute atomic E-state index is 2.48. The summed E-state index contributed by atoms with van der Waals surface area (Å²) in [6, 6.07) is 43.1. The number of hydrogen-bond donors (Lipinski definition) is 0. The van der Waals surface area contributed by atoms with Gasteiger partial charge >= 0.3 is 0 Å². The average molecular weight is 399 g/mol. The molecule has 0 amide bonds. The highest BCUT2D eigenvalue weighted by Crippen LogP contribution is 2.32. The van der Waals surface area contributed by atoms with E-state index in [1.165, 1.54) is 48.2 Å². The lowest BCUT2D eigenvalue weighted by Gasteiger charge is -2.31. The van der Waals surface area contributed by atoms with Crippen molar-refractivity contribution in [2.45, 2.75) is 6.92 Å². The summed E-state index contributed by atoms with van der Waals surface area (Å²) < 4.78 is 0. The Kier molecular flexibility index (Phi) is 3.81. The predicted octanol–water partition coefficient (Wildman–Crippen LogP) is 4.51. The van der Waals surface area contributed by atoms with Gasteiger partial charge in [0.05, 0.1) is 0 Å². The van der Waals surface area contributed by atoms with E-state index >= 15 is 0 Å². The van der Waals surface area contributed by atoms with Crippen LogP contribution < -0.4 is 20.7 Å². The molecule has 30 heavy (non-hydrogen) atoms. The van der Waals surface area contributed by atoms with E-state index in [1.54, 1.807) is 0 Å². The van der Waals surface area contributed by atoms with Gasteiger partial charge in [-0.1, -0.05) is 115 Å². The lowest BCUT2D eigenvalue weighted by atomic mass is 10.0. The van der Waals surface area contributed by atoms with E-state index in [4.69, 9.17) is 0 Å². The SMILES string of the molecule is Cc1ccc2c(c1)-c1cc3ccccc3cc1[Si]2(c1ccccc1)c1ccccc1. The van der Waals surface area contributed by atoms with Crippen molar-refractivity contribution in [2.75, 3.05) is 0 Å². The van der Waals surface area contributed by atoms with Gasteiger partial charge in [-0.3, -0.25) is 0 Å². The first-order valence-corrected chi connectivity index (χ1v) is 12.5. The maximum atomic E-state index is 2.48. The third-order valence-corrected chi connectivity index (χ3v) is 11.4. The molecule has 0 aliphatic carbocycles. The van der Waals surface area contributed by atoms with Crippen LogP contribution in [-0.2, 0) is 0 Å². The molecule has 0 fully saturated rings. The molecule has 0 bridgehead atoms. The Morgan fingerprint density at radius 2 is 1.00 bits per heavy atom. The molecule has 0 nitrogen and oxygen atoms in total. The molecule has 0 spiro atoms. The van der Waals surface area contributed by atoms with E-state index in [0.29, 0.717) is 0 Å². The van der Waals surface area contributed by atoms with E-state index in [9.17, 15) is 0 Å². The summed E-state index contributed by atoms with van der Waals surface area (Å²) in [5.41, 5.74) is 4.14. The largest absolute Gasteiger partial charge is 0.180 e.